The molecule has 0 rings (SSSR count). The highest BCUT2D eigenvalue weighted by Gasteiger charge is 2.14. The fourth-order valence-corrected chi connectivity index (χ4v) is 4.40. The van der Waals surface area contributed by atoms with Gasteiger partial charge in [-0.05, 0) is 31.1 Å². The van der Waals surface area contributed by atoms with E-state index in [2.05, 4.69) is 46.3 Å². The van der Waals surface area contributed by atoms with Crippen molar-refractivity contribution in [1.29, 1.82) is 0 Å². The van der Waals surface area contributed by atoms with Crippen LogP contribution in [0.5, 0.6) is 0 Å². The molecule has 0 radical (unpaired) electrons. The molecule has 0 fully saturated rings. The van der Waals surface area contributed by atoms with Crippen LogP contribution in [0.3, 0.4) is 0 Å². The standard InChI is InChI=1S/C18H39O2P.C8H18O.C5H10O2.C4H10/c1-5-7-9-11-12-14-16-18(15-13-10-8-6-2)17-20-21(3,4)19;1-4-5-6-8(2)7-9-3;1-4(2)5(6)7-3;1-3-4-2/h18H,5-17H2,1-4H3;8H,4-7H2,1-3H3;4H,1-3H3;3-4H2,1-2H3. The molecule has 41 heavy (non-hydrogen) atoms. The number of esters is 1. The highest BCUT2D eigenvalue weighted by molar-refractivity contribution is 7.57. The van der Waals surface area contributed by atoms with Crippen molar-refractivity contribution in [2.45, 2.75) is 165 Å². The lowest BCUT2D eigenvalue weighted by Crippen LogP contribution is -2.09. The molecule has 0 bridgehead atoms. The number of rotatable bonds is 22. The van der Waals surface area contributed by atoms with Gasteiger partial charge in [0.25, 0.3) is 0 Å². The number of ether oxygens (including phenoxy) is 2. The summed E-state index contributed by atoms with van der Waals surface area (Å²) in [7, 11) is 0.839. The van der Waals surface area contributed by atoms with Crippen LogP contribution in [-0.4, -0.2) is 46.7 Å². The molecule has 0 aliphatic rings. The summed E-state index contributed by atoms with van der Waals surface area (Å²) in [6, 6.07) is 0. The first-order chi connectivity index (χ1) is 19.4. The van der Waals surface area contributed by atoms with Gasteiger partial charge in [-0.1, -0.05) is 145 Å². The van der Waals surface area contributed by atoms with E-state index in [4.69, 9.17) is 9.26 Å². The maximum Gasteiger partial charge on any atom is 0.308 e. The second kappa shape index (κ2) is 37.6. The van der Waals surface area contributed by atoms with Crippen molar-refractivity contribution in [3.8, 4) is 0 Å². The van der Waals surface area contributed by atoms with Crippen molar-refractivity contribution in [2.24, 2.45) is 17.8 Å². The molecule has 0 spiro atoms. The van der Waals surface area contributed by atoms with Gasteiger partial charge in [0, 0.05) is 27.0 Å². The number of unbranched alkanes of at least 4 members (excludes halogenated alkanes) is 10. The van der Waals surface area contributed by atoms with E-state index in [0.717, 1.165) is 12.5 Å². The largest absolute Gasteiger partial charge is 0.469 e. The number of hydrogen-bond acceptors (Lipinski definition) is 5. The van der Waals surface area contributed by atoms with Crippen LogP contribution >= 0.6 is 7.37 Å². The fraction of sp³-hybridized carbons (Fsp3) is 0.971. The summed E-state index contributed by atoms with van der Waals surface area (Å²) in [5, 5.41) is 0. The van der Waals surface area contributed by atoms with Gasteiger partial charge in [-0.25, -0.2) is 0 Å². The Morgan fingerprint density at radius 2 is 1.05 bits per heavy atom. The normalized spacial score (nSPS) is 12.2. The summed E-state index contributed by atoms with van der Waals surface area (Å²) in [6.45, 7) is 22.0. The van der Waals surface area contributed by atoms with Gasteiger partial charge >= 0.3 is 5.97 Å². The Balaban J connectivity index is -0.000000279. The van der Waals surface area contributed by atoms with Crippen molar-refractivity contribution in [3.05, 3.63) is 0 Å². The van der Waals surface area contributed by atoms with E-state index in [1.165, 1.54) is 116 Å². The Kier molecular flexibility index (Phi) is 43.7. The Labute approximate surface area is 259 Å². The highest BCUT2D eigenvalue weighted by atomic mass is 31.2. The zero-order valence-electron chi connectivity index (χ0n) is 30.2. The minimum Gasteiger partial charge on any atom is -0.469 e. The van der Waals surface area contributed by atoms with Crippen molar-refractivity contribution >= 4 is 13.3 Å². The van der Waals surface area contributed by atoms with Crippen LogP contribution in [0, 0.1) is 17.8 Å². The lowest BCUT2D eigenvalue weighted by atomic mass is 9.95. The first kappa shape index (κ1) is 47.5. The number of carbonyl (C=O) groups excluding carboxylic acids is 1. The molecule has 5 nitrogen and oxygen atoms in total. The van der Waals surface area contributed by atoms with E-state index >= 15 is 0 Å². The maximum atomic E-state index is 11.7. The lowest BCUT2D eigenvalue weighted by Gasteiger charge is -2.18. The Bertz CT molecular complexity index is 531. The second-order valence-corrected chi connectivity index (χ2v) is 15.0. The minimum atomic E-state index is -2.32. The van der Waals surface area contributed by atoms with Gasteiger partial charge < -0.3 is 14.0 Å². The van der Waals surface area contributed by atoms with E-state index in [1.54, 1.807) is 34.3 Å². The fourth-order valence-electron chi connectivity index (χ4n) is 3.83. The summed E-state index contributed by atoms with van der Waals surface area (Å²) >= 11 is 0. The average molecular weight is 609 g/mol. The van der Waals surface area contributed by atoms with Crippen LogP contribution in [-0.2, 0) is 23.4 Å². The summed E-state index contributed by atoms with van der Waals surface area (Å²) in [5.41, 5.74) is 0. The molecule has 0 saturated heterocycles. The van der Waals surface area contributed by atoms with Crippen LogP contribution in [0.1, 0.15) is 165 Å². The van der Waals surface area contributed by atoms with Crippen LogP contribution in [0.4, 0.5) is 0 Å². The van der Waals surface area contributed by atoms with Gasteiger partial charge in [0.15, 0.2) is 7.37 Å². The SMILES string of the molecule is CCCC.CCCCC(C)COC.CCCCCCCCC(CCCCCC)COP(C)(C)=O.COC(=O)C(C)C. The van der Waals surface area contributed by atoms with Gasteiger partial charge in [0.05, 0.1) is 19.6 Å². The number of hydrogen-bond donors (Lipinski definition) is 0. The molecule has 0 saturated carbocycles. The molecule has 252 valence electrons. The minimum absolute atomic E-state index is 0.00463. The summed E-state index contributed by atoms with van der Waals surface area (Å²) in [6.07, 6.45) is 22.4. The zero-order valence-corrected chi connectivity index (χ0v) is 31.0. The summed E-state index contributed by atoms with van der Waals surface area (Å²) in [5.74, 6) is 1.21. The molecule has 2 atom stereocenters. The Hall–Kier alpha value is -0.380. The topological polar surface area (TPSA) is 61.8 Å². The molecule has 0 N–H and O–H groups in total. The predicted octanol–water partition coefficient (Wildman–Crippen LogP) is 12.0. The third-order valence-corrected chi connectivity index (χ3v) is 7.50. The van der Waals surface area contributed by atoms with Gasteiger partial charge in [0.1, 0.15) is 0 Å². The first-order valence-corrected chi connectivity index (χ1v) is 19.7. The molecule has 0 aliphatic carbocycles. The quantitative estimate of drug-likeness (QED) is 0.0695. The van der Waals surface area contributed by atoms with Crippen molar-refractivity contribution in [3.63, 3.8) is 0 Å². The molecule has 0 aromatic rings. The van der Waals surface area contributed by atoms with E-state index < -0.39 is 7.37 Å². The van der Waals surface area contributed by atoms with E-state index in [-0.39, 0.29) is 11.9 Å². The monoisotopic (exact) mass is 609 g/mol. The lowest BCUT2D eigenvalue weighted by molar-refractivity contribution is -0.144. The van der Waals surface area contributed by atoms with Crippen LogP contribution in [0.2, 0.25) is 0 Å². The van der Waals surface area contributed by atoms with Crippen molar-refractivity contribution < 1.29 is 23.4 Å². The smallest absolute Gasteiger partial charge is 0.308 e. The molecule has 0 aromatic carbocycles. The molecule has 0 amide bonds. The number of carbonyl (C=O) groups is 1. The third-order valence-electron chi connectivity index (χ3n) is 6.73. The van der Waals surface area contributed by atoms with E-state index in [0.29, 0.717) is 12.5 Å². The average Bonchev–Trinajstić information content (AvgIpc) is 2.94. The van der Waals surface area contributed by atoms with Gasteiger partial charge in [-0.3, -0.25) is 9.36 Å². The third kappa shape index (κ3) is 49.6. The van der Waals surface area contributed by atoms with Crippen LogP contribution in [0.25, 0.3) is 0 Å². The summed E-state index contributed by atoms with van der Waals surface area (Å²) in [4.78, 5) is 10.3. The first-order valence-electron chi connectivity index (χ1n) is 17.2. The van der Waals surface area contributed by atoms with E-state index in [9.17, 15) is 9.36 Å². The number of methoxy groups -OCH3 is 2. The highest BCUT2D eigenvalue weighted by Crippen LogP contribution is 2.38. The van der Waals surface area contributed by atoms with Crippen LogP contribution < -0.4 is 0 Å². The van der Waals surface area contributed by atoms with Gasteiger partial charge in [0.2, 0.25) is 0 Å². The molecular weight excluding hydrogens is 531 g/mol. The summed E-state index contributed by atoms with van der Waals surface area (Å²) < 4.78 is 26.7. The Morgan fingerprint density at radius 3 is 1.39 bits per heavy atom. The molecule has 0 heterocycles. The van der Waals surface area contributed by atoms with Crippen molar-refractivity contribution in [2.75, 3.05) is 40.8 Å². The van der Waals surface area contributed by atoms with E-state index in [1.807, 2.05) is 0 Å². The van der Waals surface area contributed by atoms with Crippen LogP contribution in [0.15, 0.2) is 0 Å². The molecule has 2 unspecified atom stereocenters. The second-order valence-electron chi connectivity index (χ2n) is 12.2. The molecular formula is C35H77O5P. The van der Waals surface area contributed by atoms with Gasteiger partial charge in [-0.15, -0.1) is 0 Å². The molecule has 0 aromatic heterocycles. The molecule has 6 heteroatoms. The maximum absolute atomic E-state index is 11.7. The van der Waals surface area contributed by atoms with Crippen molar-refractivity contribution in [1.82, 2.24) is 0 Å². The zero-order chi connectivity index (χ0) is 32.4. The van der Waals surface area contributed by atoms with Gasteiger partial charge in [-0.2, -0.15) is 0 Å². The predicted molar refractivity (Wildman–Crippen MR) is 184 cm³/mol. The Morgan fingerprint density at radius 1 is 0.610 bits per heavy atom. The molecule has 0 aliphatic heterocycles.